The second kappa shape index (κ2) is 4.17. The van der Waals surface area contributed by atoms with Crippen molar-refractivity contribution in [3.8, 4) is 0 Å². The highest BCUT2D eigenvalue weighted by Crippen LogP contribution is 2.29. The smallest absolute Gasteiger partial charge is 0.244 e. The fourth-order valence-corrected chi connectivity index (χ4v) is 1.97. The molecule has 1 heterocycles. The van der Waals surface area contributed by atoms with E-state index in [4.69, 9.17) is 5.84 Å². The molecule has 1 amide bonds. The van der Waals surface area contributed by atoms with E-state index in [1.165, 1.54) is 0 Å². The summed E-state index contributed by atoms with van der Waals surface area (Å²) in [5.41, 5.74) is 0.0974. The topological polar surface area (TPSA) is 46.3 Å². The molecule has 0 radical (unpaired) electrons. The van der Waals surface area contributed by atoms with E-state index >= 15 is 0 Å². The highest BCUT2D eigenvalue weighted by Gasteiger charge is 2.30. The number of carbonyl (C=O) groups excluding carboxylic acids is 1. The molecule has 1 unspecified atom stereocenters. The molecule has 0 aromatic heterocycles. The summed E-state index contributed by atoms with van der Waals surface area (Å²) in [6.07, 6.45) is 1.20. The maximum atomic E-state index is 13.5. The zero-order chi connectivity index (χ0) is 11.7. The van der Waals surface area contributed by atoms with E-state index in [9.17, 15) is 13.6 Å². The van der Waals surface area contributed by atoms with E-state index in [2.05, 4.69) is 0 Å². The normalized spacial score (nSPS) is 21.3. The van der Waals surface area contributed by atoms with Gasteiger partial charge in [-0.15, -0.1) is 0 Å². The third kappa shape index (κ3) is 1.90. The Morgan fingerprint density at radius 2 is 2.12 bits per heavy atom. The third-order valence-electron chi connectivity index (χ3n) is 2.81. The molecule has 5 heteroatoms. The first kappa shape index (κ1) is 11.0. The molecule has 86 valence electrons. The molecule has 2 N–H and O–H groups in total. The lowest BCUT2D eigenvalue weighted by molar-refractivity contribution is -0.135. The summed E-state index contributed by atoms with van der Waals surface area (Å²) in [6.45, 7) is 0.465. The van der Waals surface area contributed by atoms with Gasteiger partial charge in [0.15, 0.2) is 0 Å². The standard InChI is InChI=1S/C11H12F2N2O/c12-7-3-4-10(13)9(6-7)8-2-1-5-15(14)11(8)16/h3-4,6,8H,1-2,5,14H2. The van der Waals surface area contributed by atoms with Gasteiger partial charge in [-0.25, -0.2) is 14.6 Å². The van der Waals surface area contributed by atoms with Gasteiger partial charge in [-0.3, -0.25) is 9.80 Å². The first-order chi connectivity index (χ1) is 7.59. The van der Waals surface area contributed by atoms with E-state index in [1.54, 1.807) is 0 Å². The maximum Gasteiger partial charge on any atom is 0.244 e. The third-order valence-corrected chi connectivity index (χ3v) is 2.81. The number of nitrogens with two attached hydrogens (primary N) is 1. The minimum absolute atomic E-state index is 0.0974. The SMILES string of the molecule is NN1CCCC(c2cc(F)ccc2F)C1=O. The van der Waals surface area contributed by atoms with Crippen molar-refractivity contribution in [1.29, 1.82) is 0 Å². The molecule has 1 fully saturated rings. The summed E-state index contributed by atoms with van der Waals surface area (Å²) in [5, 5.41) is 1.07. The average molecular weight is 226 g/mol. The van der Waals surface area contributed by atoms with Gasteiger partial charge in [-0.1, -0.05) is 0 Å². The van der Waals surface area contributed by atoms with Gasteiger partial charge < -0.3 is 0 Å². The van der Waals surface area contributed by atoms with Gasteiger partial charge in [-0.05, 0) is 31.0 Å². The monoisotopic (exact) mass is 226 g/mol. The van der Waals surface area contributed by atoms with Crippen molar-refractivity contribution >= 4 is 5.91 Å². The minimum Gasteiger partial charge on any atom is -0.280 e. The number of hydrogen-bond donors (Lipinski definition) is 1. The van der Waals surface area contributed by atoms with Crippen molar-refractivity contribution in [3.63, 3.8) is 0 Å². The number of amides is 1. The van der Waals surface area contributed by atoms with Crippen LogP contribution in [0.3, 0.4) is 0 Å². The molecule has 1 aliphatic heterocycles. The van der Waals surface area contributed by atoms with E-state index in [-0.39, 0.29) is 11.5 Å². The summed E-state index contributed by atoms with van der Waals surface area (Å²) in [4.78, 5) is 11.7. The van der Waals surface area contributed by atoms with Crippen LogP contribution >= 0.6 is 0 Å². The van der Waals surface area contributed by atoms with Crippen molar-refractivity contribution in [2.75, 3.05) is 6.54 Å². The molecular formula is C11H12F2N2O. The largest absolute Gasteiger partial charge is 0.280 e. The van der Waals surface area contributed by atoms with E-state index in [0.717, 1.165) is 23.2 Å². The van der Waals surface area contributed by atoms with Gasteiger partial charge in [0.2, 0.25) is 5.91 Å². The number of piperidine rings is 1. The quantitative estimate of drug-likeness (QED) is 0.583. The Labute approximate surface area is 91.8 Å². The van der Waals surface area contributed by atoms with Gasteiger partial charge in [0.05, 0.1) is 5.92 Å². The zero-order valence-corrected chi connectivity index (χ0v) is 8.62. The first-order valence-electron chi connectivity index (χ1n) is 5.10. The number of nitrogens with zero attached hydrogens (tertiary/aromatic N) is 1. The van der Waals surface area contributed by atoms with Crippen LogP contribution in [0.5, 0.6) is 0 Å². The summed E-state index contributed by atoms with van der Waals surface area (Å²) < 4.78 is 26.5. The van der Waals surface area contributed by atoms with Crippen LogP contribution in [0.2, 0.25) is 0 Å². The molecule has 1 aromatic carbocycles. The second-order valence-corrected chi connectivity index (χ2v) is 3.89. The number of carbonyl (C=O) groups is 1. The predicted octanol–water partition coefficient (Wildman–Crippen LogP) is 1.54. The Balaban J connectivity index is 2.35. The highest BCUT2D eigenvalue weighted by molar-refractivity contribution is 5.84. The Morgan fingerprint density at radius 3 is 2.88 bits per heavy atom. The van der Waals surface area contributed by atoms with Crippen LogP contribution in [0.1, 0.15) is 24.3 Å². The predicted molar refractivity (Wildman–Crippen MR) is 54.2 cm³/mol. The highest BCUT2D eigenvalue weighted by atomic mass is 19.1. The van der Waals surface area contributed by atoms with Crippen LogP contribution in [0, 0.1) is 11.6 Å². The fraction of sp³-hybridized carbons (Fsp3) is 0.364. The van der Waals surface area contributed by atoms with E-state index in [1.807, 2.05) is 0 Å². The van der Waals surface area contributed by atoms with Gasteiger partial charge in [-0.2, -0.15) is 0 Å². The molecule has 0 bridgehead atoms. The molecule has 1 aliphatic rings. The van der Waals surface area contributed by atoms with Crippen LogP contribution in [0.15, 0.2) is 18.2 Å². The minimum atomic E-state index is -0.658. The van der Waals surface area contributed by atoms with E-state index in [0.29, 0.717) is 19.4 Å². The molecule has 0 saturated carbocycles. The summed E-state index contributed by atoms with van der Waals surface area (Å²) in [6, 6.07) is 3.14. The van der Waals surface area contributed by atoms with Crippen LogP contribution in [-0.2, 0) is 4.79 Å². The Morgan fingerprint density at radius 1 is 1.38 bits per heavy atom. The maximum absolute atomic E-state index is 13.5. The van der Waals surface area contributed by atoms with Gasteiger partial charge >= 0.3 is 0 Å². The van der Waals surface area contributed by atoms with Crippen molar-refractivity contribution in [2.45, 2.75) is 18.8 Å². The lowest BCUT2D eigenvalue weighted by atomic mass is 9.90. The molecule has 0 spiro atoms. The Kier molecular flexibility index (Phi) is 2.87. The van der Waals surface area contributed by atoms with Crippen molar-refractivity contribution in [2.24, 2.45) is 5.84 Å². The summed E-state index contributed by atoms with van der Waals surface area (Å²) in [7, 11) is 0. The average Bonchev–Trinajstić information content (AvgIpc) is 2.26. The number of hydrogen-bond acceptors (Lipinski definition) is 2. The summed E-state index contributed by atoms with van der Waals surface area (Å²) in [5.74, 6) is 3.35. The van der Waals surface area contributed by atoms with Crippen LogP contribution in [0.25, 0.3) is 0 Å². The molecule has 2 rings (SSSR count). The molecule has 1 saturated heterocycles. The molecule has 1 atom stereocenters. The second-order valence-electron chi connectivity index (χ2n) is 3.89. The Hall–Kier alpha value is -1.49. The number of benzene rings is 1. The zero-order valence-electron chi connectivity index (χ0n) is 8.62. The van der Waals surface area contributed by atoms with Crippen LogP contribution < -0.4 is 5.84 Å². The van der Waals surface area contributed by atoms with Gasteiger partial charge in [0.25, 0.3) is 0 Å². The van der Waals surface area contributed by atoms with Crippen molar-refractivity contribution in [3.05, 3.63) is 35.4 Å². The summed E-state index contributed by atoms with van der Waals surface area (Å²) >= 11 is 0. The van der Waals surface area contributed by atoms with E-state index < -0.39 is 17.6 Å². The van der Waals surface area contributed by atoms with Crippen molar-refractivity contribution in [1.82, 2.24) is 5.01 Å². The van der Waals surface area contributed by atoms with Crippen LogP contribution in [0.4, 0.5) is 8.78 Å². The van der Waals surface area contributed by atoms with Gasteiger partial charge in [0.1, 0.15) is 11.6 Å². The number of hydrazine groups is 1. The number of halogens is 2. The molecule has 16 heavy (non-hydrogen) atoms. The molecule has 3 nitrogen and oxygen atoms in total. The van der Waals surface area contributed by atoms with Gasteiger partial charge in [0, 0.05) is 12.1 Å². The molecular weight excluding hydrogens is 214 g/mol. The number of rotatable bonds is 1. The Bertz CT molecular complexity index is 422. The van der Waals surface area contributed by atoms with Crippen LogP contribution in [-0.4, -0.2) is 17.5 Å². The fourth-order valence-electron chi connectivity index (χ4n) is 1.97. The first-order valence-corrected chi connectivity index (χ1v) is 5.10. The lowest BCUT2D eigenvalue weighted by Crippen LogP contribution is -2.44. The van der Waals surface area contributed by atoms with Crippen molar-refractivity contribution < 1.29 is 13.6 Å². The molecule has 1 aromatic rings. The molecule has 0 aliphatic carbocycles. The lowest BCUT2D eigenvalue weighted by Gasteiger charge is -2.28.